The zero-order chi connectivity index (χ0) is 27.8. The van der Waals surface area contributed by atoms with Gasteiger partial charge < -0.3 is 19.5 Å². The van der Waals surface area contributed by atoms with Crippen LogP contribution < -0.4 is 15.0 Å². The van der Waals surface area contributed by atoms with Crippen LogP contribution in [0, 0.1) is 11.3 Å². The number of anilines is 2. The van der Waals surface area contributed by atoms with Gasteiger partial charge in [-0.1, -0.05) is 12.1 Å². The maximum absolute atomic E-state index is 10.0. The van der Waals surface area contributed by atoms with Crippen molar-refractivity contribution in [1.29, 1.82) is 5.26 Å². The van der Waals surface area contributed by atoms with Crippen molar-refractivity contribution < 1.29 is 4.74 Å². The van der Waals surface area contributed by atoms with Crippen molar-refractivity contribution >= 4 is 17.2 Å². The minimum atomic E-state index is 0.510. The van der Waals surface area contributed by atoms with Crippen molar-refractivity contribution in [2.24, 2.45) is 0 Å². The van der Waals surface area contributed by atoms with E-state index in [0.717, 1.165) is 48.6 Å². The van der Waals surface area contributed by atoms with Gasteiger partial charge in [-0.15, -0.1) is 5.10 Å². The standard InChI is InChI=1S/C30H30N10O/c1-41-28-7-4-21(15-35-28)17-39-23-13-24(39)19-38(18-23)27-6-5-22(16-34-27)25-3-2-10-40-29(25)26(14-31)30(36-40)33-9-12-37-11-8-32-20-37/h2-8,10-11,15-16,20,23-24H,9,12-13,17-19H2,1H3,(H,33,36). The number of piperidine rings is 1. The number of rotatable bonds is 9. The van der Waals surface area contributed by atoms with E-state index in [1.54, 1.807) is 24.1 Å². The Hall–Kier alpha value is -4.95. The molecule has 0 radical (unpaired) electrons. The first-order valence-corrected chi connectivity index (χ1v) is 13.8. The predicted octanol–water partition coefficient (Wildman–Crippen LogP) is 3.44. The van der Waals surface area contributed by atoms with Gasteiger partial charge in [0, 0.05) is 93.0 Å². The molecule has 8 heterocycles. The third-order valence-corrected chi connectivity index (χ3v) is 8.09. The fraction of sp³-hybridized carbons (Fsp3) is 0.300. The van der Waals surface area contributed by atoms with Gasteiger partial charge in [-0.25, -0.2) is 19.5 Å². The molecular formula is C30H30N10O. The van der Waals surface area contributed by atoms with Crippen molar-refractivity contribution in [2.75, 3.05) is 37.0 Å². The largest absolute Gasteiger partial charge is 0.481 e. The Kier molecular flexibility index (Phi) is 6.45. The maximum atomic E-state index is 10.0. The highest BCUT2D eigenvalue weighted by Crippen LogP contribution is 2.36. The highest BCUT2D eigenvalue weighted by molar-refractivity contribution is 5.87. The number of methoxy groups -OCH3 is 1. The summed E-state index contributed by atoms with van der Waals surface area (Å²) in [6.45, 7) is 4.18. The van der Waals surface area contributed by atoms with Crippen molar-refractivity contribution in [2.45, 2.75) is 31.6 Å². The summed E-state index contributed by atoms with van der Waals surface area (Å²) in [4.78, 5) is 18.2. The third-order valence-electron chi connectivity index (χ3n) is 8.09. The van der Waals surface area contributed by atoms with Crippen molar-refractivity contribution in [3.8, 4) is 23.1 Å². The molecule has 1 N–H and O–H groups in total. The SMILES string of the molecule is COc1ccc(CN2C3CC2CN(c2ccc(-c4cccn5nc(NCCn6ccnc6)c(C#N)c45)cn2)C3)cn1. The average molecular weight is 547 g/mol. The van der Waals surface area contributed by atoms with E-state index in [9.17, 15) is 5.26 Å². The van der Waals surface area contributed by atoms with Gasteiger partial charge in [0.05, 0.1) is 19.0 Å². The molecule has 3 aliphatic heterocycles. The molecule has 2 unspecified atom stereocenters. The minimum absolute atomic E-state index is 0.510. The van der Waals surface area contributed by atoms with E-state index in [2.05, 4.69) is 54.5 Å². The Morgan fingerprint density at radius 1 is 1.07 bits per heavy atom. The van der Waals surface area contributed by atoms with E-state index in [1.807, 2.05) is 47.6 Å². The molecule has 0 saturated carbocycles. The lowest BCUT2D eigenvalue weighted by Crippen LogP contribution is -2.68. The smallest absolute Gasteiger partial charge is 0.212 e. The molecular weight excluding hydrogens is 516 g/mol. The van der Waals surface area contributed by atoms with Crippen LogP contribution in [0.25, 0.3) is 16.6 Å². The van der Waals surface area contributed by atoms with Gasteiger partial charge >= 0.3 is 0 Å². The van der Waals surface area contributed by atoms with Crippen LogP contribution in [0.1, 0.15) is 17.5 Å². The number of fused-ring (bicyclic) bond motifs is 3. The molecule has 3 aliphatic rings. The predicted molar refractivity (Wildman–Crippen MR) is 155 cm³/mol. The van der Waals surface area contributed by atoms with Gasteiger partial charge in [-0.05, 0) is 30.2 Å². The number of nitrogens with one attached hydrogen (secondary N) is 1. The Balaban J connectivity index is 1.05. The second kappa shape index (κ2) is 10.6. The second-order valence-electron chi connectivity index (χ2n) is 10.5. The van der Waals surface area contributed by atoms with Gasteiger partial charge in [0.25, 0.3) is 0 Å². The zero-order valence-electron chi connectivity index (χ0n) is 22.8. The molecule has 11 nitrogen and oxygen atoms in total. The Bertz CT molecular complexity index is 1680. The first-order valence-electron chi connectivity index (χ1n) is 13.8. The number of pyridine rings is 3. The molecule has 0 amide bonds. The average Bonchev–Trinajstić information content (AvgIpc) is 3.68. The summed E-state index contributed by atoms with van der Waals surface area (Å²) in [7, 11) is 1.64. The zero-order valence-corrected chi connectivity index (χ0v) is 22.8. The second-order valence-corrected chi connectivity index (χ2v) is 10.5. The molecule has 5 aromatic heterocycles. The molecule has 5 aromatic rings. The first-order chi connectivity index (χ1) is 20.2. The Morgan fingerprint density at radius 3 is 2.68 bits per heavy atom. The topological polar surface area (TPSA) is 112 Å². The highest BCUT2D eigenvalue weighted by atomic mass is 16.5. The lowest BCUT2D eigenvalue weighted by Gasteiger charge is -2.56. The number of nitriles is 1. The third kappa shape index (κ3) is 4.72. The molecule has 206 valence electrons. The highest BCUT2D eigenvalue weighted by Gasteiger charge is 2.44. The number of nitrogens with zero attached hydrogens (tertiary/aromatic N) is 9. The van der Waals surface area contributed by atoms with Crippen LogP contribution in [0.2, 0.25) is 0 Å². The molecule has 41 heavy (non-hydrogen) atoms. The van der Waals surface area contributed by atoms with E-state index < -0.39 is 0 Å². The lowest BCUT2D eigenvalue weighted by atomic mass is 9.87. The monoisotopic (exact) mass is 546 g/mol. The number of imidazole rings is 1. The number of hydrogen-bond acceptors (Lipinski definition) is 9. The lowest BCUT2D eigenvalue weighted by molar-refractivity contribution is -0.00876. The van der Waals surface area contributed by atoms with E-state index in [-0.39, 0.29) is 0 Å². The Morgan fingerprint density at radius 2 is 1.98 bits per heavy atom. The summed E-state index contributed by atoms with van der Waals surface area (Å²) in [6.07, 6.45) is 12.3. The van der Waals surface area contributed by atoms with Crippen LogP contribution in [0.4, 0.5) is 11.6 Å². The quantitative estimate of drug-likeness (QED) is 0.297. The molecule has 11 heteroatoms. The summed E-state index contributed by atoms with van der Waals surface area (Å²) in [5.74, 6) is 2.20. The fourth-order valence-corrected chi connectivity index (χ4v) is 5.99. The van der Waals surface area contributed by atoms with Gasteiger partial charge in [0.15, 0.2) is 5.82 Å². The Labute approximate surface area is 237 Å². The molecule has 0 aliphatic carbocycles. The number of hydrogen-bond donors (Lipinski definition) is 1. The van der Waals surface area contributed by atoms with Crippen LogP contribution >= 0.6 is 0 Å². The van der Waals surface area contributed by atoms with Crippen molar-refractivity contribution in [3.63, 3.8) is 0 Å². The normalized spacial score (nSPS) is 18.2. The van der Waals surface area contributed by atoms with Gasteiger partial charge in [-0.3, -0.25) is 4.90 Å². The molecule has 2 atom stereocenters. The van der Waals surface area contributed by atoms with Crippen LogP contribution in [0.5, 0.6) is 5.88 Å². The van der Waals surface area contributed by atoms with Crippen LogP contribution in [-0.2, 0) is 13.1 Å². The number of ether oxygens (including phenoxy) is 1. The van der Waals surface area contributed by atoms with Crippen molar-refractivity contribution in [1.82, 2.24) is 34.0 Å². The van der Waals surface area contributed by atoms with Gasteiger partial charge in [0.1, 0.15) is 17.5 Å². The van der Waals surface area contributed by atoms with E-state index in [1.165, 1.54) is 12.0 Å². The van der Waals surface area contributed by atoms with Crippen LogP contribution in [-0.4, -0.2) is 72.9 Å². The fourth-order valence-electron chi connectivity index (χ4n) is 5.99. The summed E-state index contributed by atoms with van der Waals surface area (Å²) >= 11 is 0. The molecule has 8 rings (SSSR count). The molecule has 3 saturated heterocycles. The minimum Gasteiger partial charge on any atom is -0.481 e. The summed E-state index contributed by atoms with van der Waals surface area (Å²) in [5, 5.41) is 18.0. The molecule has 0 spiro atoms. The summed E-state index contributed by atoms with van der Waals surface area (Å²) in [6, 6.07) is 15.6. The first kappa shape index (κ1) is 25.0. The van der Waals surface area contributed by atoms with E-state index in [4.69, 9.17) is 9.72 Å². The molecule has 2 bridgehead atoms. The molecule has 0 aromatic carbocycles. The van der Waals surface area contributed by atoms with Gasteiger partial charge in [-0.2, -0.15) is 5.26 Å². The van der Waals surface area contributed by atoms with E-state index in [0.29, 0.717) is 35.9 Å². The van der Waals surface area contributed by atoms with Gasteiger partial charge in [0.2, 0.25) is 5.88 Å². The maximum Gasteiger partial charge on any atom is 0.212 e. The number of aromatic nitrogens is 6. The van der Waals surface area contributed by atoms with Crippen molar-refractivity contribution in [3.05, 3.63) is 84.8 Å². The van der Waals surface area contributed by atoms with Crippen LogP contribution in [0.15, 0.2) is 73.7 Å². The molecule has 3 fully saturated rings. The summed E-state index contributed by atoms with van der Waals surface area (Å²) in [5.41, 5.74) is 4.39. The summed E-state index contributed by atoms with van der Waals surface area (Å²) < 4.78 is 8.94. The van der Waals surface area contributed by atoms with Crippen LogP contribution in [0.3, 0.4) is 0 Å². The van der Waals surface area contributed by atoms with E-state index >= 15 is 0 Å². The number of piperazine rings is 1.